The van der Waals surface area contributed by atoms with Gasteiger partial charge in [0.2, 0.25) is 0 Å². The first kappa shape index (κ1) is 18.2. The number of nitro benzene ring substituents is 1. The van der Waals surface area contributed by atoms with E-state index in [-0.39, 0.29) is 29.8 Å². The fraction of sp³-hybridized carbons (Fsp3) is 0.562. The van der Waals surface area contributed by atoms with Crippen LogP contribution < -0.4 is 10.2 Å². The van der Waals surface area contributed by atoms with Crippen molar-refractivity contribution in [2.45, 2.75) is 19.9 Å². The van der Waals surface area contributed by atoms with E-state index in [1.165, 1.54) is 6.07 Å². The maximum Gasteiger partial charge on any atom is 0.293 e. The topological polar surface area (TPSA) is 99.0 Å². The summed E-state index contributed by atoms with van der Waals surface area (Å²) in [7, 11) is 0. The number of carbonyl (C=O) groups is 1. The van der Waals surface area contributed by atoms with E-state index >= 15 is 0 Å². The Hall–Kier alpha value is -2.19. The third-order valence-corrected chi connectivity index (χ3v) is 3.98. The third-order valence-electron chi connectivity index (χ3n) is 3.98. The zero-order valence-corrected chi connectivity index (χ0v) is 14.1. The molecule has 0 aliphatic carbocycles. The van der Waals surface area contributed by atoms with Crippen molar-refractivity contribution < 1.29 is 14.8 Å². The number of piperazine rings is 1. The second-order valence-corrected chi connectivity index (χ2v) is 6.14. The molecule has 0 unspecified atom stereocenters. The van der Waals surface area contributed by atoms with E-state index in [1.807, 2.05) is 18.7 Å². The van der Waals surface area contributed by atoms with Crippen molar-refractivity contribution in [3.63, 3.8) is 0 Å². The van der Waals surface area contributed by atoms with Crippen molar-refractivity contribution in [1.29, 1.82) is 0 Å². The molecule has 0 spiro atoms. The van der Waals surface area contributed by atoms with E-state index in [9.17, 15) is 14.9 Å². The van der Waals surface area contributed by atoms with Gasteiger partial charge in [-0.25, -0.2) is 0 Å². The van der Waals surface area contributed by atoms with Crippen LogP contribution in [0.15, 0.2) is 18.2 Å². The maximum absolute atomic E-state index is 12.1. The van der Waals surface area contributed by atoms with Gasteiger partial charge in [-0.2, -0.15) is 0 Å². The molecule has 0 bridgehead atoms. The Kier molecular flexibility index (Phi) is 6.10. The summed E-state index contributed by atoms with van der Waals surface area (Å²) in [6.07, 6.45) is 0. The molecule has 0 aromatic heterocycles. The lowest BCUT2D eigenvalue weighted by Gasteiger charge is -2.35. The summed E-state index contributed by atoms with van der Waals surface area (Å²) in [5.74, 6) is -0.313. The van der Waals surface area contributed by atoms with Crippen LogP contribution in [0.4, 0.5) is 11.4 Å². The van der Waals surface area contributed by atoms with Crippen molar-refractivity contribution >= 4 is 17.3 Å². The molecule has 1 aliphatic heterocycles. The third kappa shape index (κ3) is 4.42. The van der Waals surface area contributed by atoms with Gasteiger partial charge in [0.1, 0.15) is 5.69 Å². The Balaban J connectivity index is 2.19. The molecule has 2 rings (SSSR count). The molecule has 0 saturated carbocycles. The highest BCUT2D eigenvalue weighted by Gasteiger charge is 2.25. The number of nitrogens with one attached hydrogen (secondary N) is 1. The summed E-state index contributed by atoms with van der Waals surface area (Å²) >= 11 is 0. The highest BCUT2D eigenvalue weighted by atomic mass is 16.6. The summed E-state index contributed by atoms with van der Waals surface area (Å²) in [5.41, 5.74) is 0.768. The van der Waals surface area contributed by atoms with E-state index in [1.54, 1.807) is 12.1 Å². The SMILES string of the molecule is CC(C)NC(=O)c1ccc(N2CCN(CCO)CC2)c([N+](=O)[O-])c1. The first-order chi connectivity index (χ1) is 11.4. The Morgan fingerprint density at radius 3 is 2.54 bits per heavy atom. The van der Waals surface area contributed by atoms with E-state index in [4.69, 9.17) is 5.11 Å². The summed E-state index contributed by atoms with van der Waals surface area (Å²) in [4.78, 5) is 27.1. The number of hydrogen-bond donors (Lipinski definition) is 2. The number of benzene rings is 1. The van der Waals surface area contributed by atoms with Crippen molar-refractivity contribution in [2.24, 2.45) is 0 Å². The number of hydrogen-bond acceptors (Lipinski definition) is 6. The van der Waals surface area contributed by atoms with Gasteiger partial charge in [-0.1, -0.05) is 0 Å². The van der Waals surface area contributed by atoms with Crippen LogP contribution in [0.25, 0.3) is 0 Å². The zero-order chi connectivity index (χ0) is 17.7. The molecule has 1 heterocycles. The molecular formula is C16H24N4O4. The van der Waals surface area contributed by atoms with Gasteiger partial charge in [0.05, 0.1) is 11.5 Å². The fourth-order valence-corrected chi connectivity index (χ4v) is 2.78. The first-order valence-electron chi connectivity index (χ1n) is 8.10. The van der Waals surface area contributed by atoms with Gasteiger partial charge < -0.3 is 15.3 Å². The quantitative estimate of drug-likeness (QED) is 0.590. The largest absolute Gasteiger partial charge is 0.395 e. The molecule has 2 N–H and O–H groups in total. The van der Waals surface area contributed by atoms with E-state index in [0.29, 0.717) is 25.3 Å². The van der Waals surface area contributed by atoms with Gasteiger partial charge in [0.25, 0.3) is 11.6 Å². The number of nitro groups is 1. The van der Waals surface area contributed by atoms with Gasteiger partial charge in [-0.15, -0.1) is 0 Å². The minimum absolute atomic E-state index is 0.0316. The Morgan fingerprint density at radius 2 is 2.00 bits per heavy atom. The smallest absolute Gasteiger partial charge is 0.293 e. The van der Waals surface area contributed by atoms with Gasteiger partial charge in [0.15, 0.2) is 0 Å². The highest BCUT2D eigenvalue weighted by Crippen LogP contribution is 2.30. The Morgan fingerprint density at radius 1 is 1.33 bits per heavy atom. The molecule has 8 heteroatoms. The summed E-state index contributed by atoms with van der Waals surface area (Å²) in [6.45, 7) is 7.19. The Labute approximate surface area is 141 Å². The minimum Gasteiger partial charge on any atom is -0.395 e. The predicted octanol–water partition coefficient (Wildman–Crippen LogP) is 0.847. The predicted molar refractivity (Wildman–Crippen MR) is 91.4 cm³/mol. The maximum atomic E-state index is 12.1. The lowest BCUT2D eigenvalue weighted by Crippen LogP contribution is -2.47. The number of nitrogens with zero attached hydrogens (tertiary/aromatic N) is 3. The second kappa shape index (κ2) is 8.07. The molecule has 1 amide bonds. The van der Waals surface area contributed by atoms with Crippen molar-refractivity contribution in [2.75, 3.05) is 44.2 Å². The van der Waals surface area contributed by atoms with Crippen LogP contribution in [-0.2, 0) is 0 Å². The summed E-state index contributed by atoms with van der Waals surface area (Å²) < 4.78 is 0. The van der Waals surface area contributed by atoms with Crippen molar-refractivity contribution in [1.82, 2.24) is 10.2 Å². The van der Waals surface area contributed by atoms with Gasteiger partial charge in [-0.05, 0) is 26.0 Å². The van der Waals surface area contributed by atoms with Crippen LogP contribution >= 0.6 is 0 Å². The molecule has 1 aromatic rings. The second-order valence-electron chi connectivity index (χ2n) is 6.14. The molecule has 0 atom stereocenters. The van der Waals surface area contributed by atoms with Crippen LogP contribution in [0.1, 0.15) is 24.2 Å². The van der Waals surface area contributed by atoms with E-state index < -0.39 is 4.92 Å². The van der Waals surface area contributed by atoms with E-state index in [2.05, 4.69) is 10.2 Å². The molecule has 1 aliphatic rings. The van der Waals surface area contributed by atoms with Crippen LogP contribution in [-0.4, -0.2) is 66.2 Å². The van der Waals surface area contributed by atoms with Crippen LogP contribution in [0.2, 0.25) is 0 Å². The molecule has 0 radical (unpaired) electrons. The van der Waals surface area contributed by atoms with Gasteiger partial charge in [0, 0.05) is 50.4 Å². The number of amides is 1. The molecule has 8 nitrogen and oxygen atoms in total. The van der Waals surface area contributed by atoms with Crippen molar-refractivity contribution in [3.05, 3.63) is 33.9 Å². The lowest BCUT2D eigenvalue weighted by atomic mass is 10.1. The van der Waals surface area contributed by atoms with Gasteiger partial charge in [-0.3, -0.25) is 19.8 Å². The number of rotatable bonds is 6. The number of carbonyl (C=O) groups excluding carboxylic acids is 1. The summed E-state index contributed by atoms with van der Waals surface area (Å²) in [5, 5.41) is 23.2. The average Bonchev–Trinajstić information content (AvgIpc) is 2.54. The number of anilines is 1. The van der Waals surface area contributed by atoms with Crippen LogP contribution in [0, 0.1) is 10.1 Å². The minimum atomic E-state index is -0.443. The molecule has 1 fully saturated rings. The van der Waals surface area contributed by atoms with Crippen molar-refractivity contribution in [3.8, 4) is 0 Å². The fourth-order valence-electron chi connectivity index (χ4n) is 2.78. The normalized spacial score (nSPS) is 15.6. The highest BCUT2D eigenvalue weighted by molar-refractivity contribution is 5.96. The lowest BCUT2D eigenvalue weighted by molar-refractivity contribution is -0.384. The zero-order valence-electron chi connectivity index (χ0n) is 14.1. The average molecular weight is 336 g/mol. The van der Waals surface area contributed by atoms with Crippen LogP contribution in [0.3, 0.4) is 0 Å². The Bertz CT molecular complexity index is 598. The monoisotopic (exact) mass is 336 g/mol. The molecular weight excluding hydrogens is 312 g/mol. The molecule has 132 valence electrons. The standard InChI is InChI=1S/C16H24N4O4/c1-12(2)17-16(22)13-3-4-14(15(11-13)20(23)24)19-7-5-18(6-8-19)9-10-21/h3-4,11-12,21H,5-10H2,1-2H3,(H,17,22). The van der Waals surface area contributed by atoms with Gasteiger partial charge >= 0.3 is 0 Å². The number of aliphatic hydroxyl groups is 1. The first-order valence-corrected chi connectivity index (χ1v) is 8.10. The molecule has 24 heavy (non-hydrogen) atoms. The van der Waals surface area contributed by atoms with Crippen LogP contribution in [0.5, 0.6) is 0 Å². The molecule has 1 saturated heterocycles. The molecule has 1 aromatic carbocycles. The van der Waals surface area contributed by atoms with E-state index in [0.717, 1.165) is 13.1 Å². The summed E-state index contributed by atoms with van der Waals surface area (Å²) in [6, 6.07) is 4.58. The number of aliphatic hydroxyl groups excluding tert-OH is 1. The number of β-amino-alcohol motifs (C(OH)–C–C–N with tert-alkyl or cyclic N) is 1.